The third-order valence-corrected chi connectivity index (χ3v) is 7.82. The Morgan fingerprint density at radius 2 is 1.80 bits per heavy atom. The monoisotopic (exact) mass is 650 g/mol. The number of amides is 1. The summed E-state index contributed by atoms with van der Waals surface area (Å²) in [4.78, 5) is 19.2. The van der Waals surface area contributed by atoms with Crippen molar-refractivity contribution in [1.29, 1.82) is 0 Å². The number of rotatable bonds is 12. The zero-order chi connectivity index (χ0) is 31.8. The summed E-state index contributed by atoms with van der Waals surface area (Å²) in [7, 11) is 0. The average molecular weight is 652 g/mol. The lowest BCUT2D eigenvalue weighted by molar-refractivity contribution is -0.129. The van der Waals surface area contributed by atoms with Crippen LogP contribution in [-0.4, -0.2) is 35.7 Å². The number of hydrogen-bond donors (Lipinski definition) is 2. The fraction of sp³-hybridized carbons (Fsp3) is 0.200. The van der Waals surface area contributed by atoms with Gasteiger partial charge in [0.25, 0.3) is 5.91 Å². The summed E-state index contributed by atoms with van der Waals surface area (Å²) in [5, 5.41) is 12.5. The largest absolute Gasteiger partial charge is 0.494 e. The quantitative estimate of drug-likeness (QED) is 0.154. The molecule has 1 aliphatic rings. The van der Waals surface area contributed by atoms with Crippen LogP contribution in [0, 0.1) is 11.6 Å². The molecule has 45 heavy (non-hydrogen) atoms. The van der Waals surface area contributed by atoms with Crippen molar-refractivity contribution in [3.8, 4) is 5.75 Å². The van der Waals surface area contributed by atoms with Crippen LogP contribution in [0.25, 0.3) is 6.08 Å². The topological polar surface area (TPSA) is 80.2 Å². The van der Waals surface area contributed by atoms with E-state index in [-0.39, 0.29) is 36.1 Å². The Labute approximate surface area is 269 Å². The lowest BCUT2D eigenvalue weighted by Gasteiger charge is -2.30. The first-order chi connectivity index (χ1) is 21.8. The van der Waals surface area contributed by atoms with E-state index in [4.69, 9.17) is 42.8 Å². The van der Waals surface area contributed by atoms with Crippen molar-refractivity contribution in [1.82, 2.24) is 5.32 Å². The van der Waals surface area contributed by atoms with E-state index >= 15 is 0 Å². The molecule has 5 rings (SSSR count). The summed E-state index contributed by atoms with van der Waals surface area (Å²) in [6, 6.07) is 24.5. The second-order valence-electron chi connectivity index (χ2n) is 10.4. The smallest absolute Gasteiger partial charge is 0.252 e. The van der Waals surface area contributed by atoms with Gasteiger partial charge in [-0.2, -0.15) is 0 Å². The number of aliphatic hydroxyl groups excluding tert-OH is 1. The SMILES string of the molecule is O=C(NCc1cc(F)ccc1F)[C@]1(C/C=C/c2ccccc2)N=C(c2ccc(OCCCO)cc2)O[C@@H]1c1ccc(Cl)cc1Cl. The molecule has 0 fully saturated rings. The van der Waals surface area contributed by atoms with E-state index in [1.54, 1.807) is 42.5 Å². The number of nitrogens with zero attached hydrogens (tertiary/aromatic N) is 1. The molecule has 0 aromatic heterocycles. The molecule has 232 valence electrons. The normalized spacial score (nSPS) is 17.6. The number of nitrogens with one attached hydrogen (secondary N) is 1. The molecular formula is C35H30Cl2F2N2O4. The summed E-state index contributed by atoms with van der Waals surface area (Å²) < 4.78 is 40.5. The Balaban J connectivity index is 1.56. The molecule has 0 bridgehead atoms. The summed E-state index contributed by atoms with van der Waals surface area (Å²) in [5.74, 6) is -1.07. The zero-order valence-electron chi connectivity index (χ0n) is 24.1. The lowest BCUT2D eigenvalue weighted by atomic mass is 9.84. The minimum Gasteiger partial charge on any atom is -0.494 e. The summed E-state index contributed by atoms with van der Waals surface area (Å²) in [5.41, 5.74) is 0.356. The van der Waals surface area contributed by atoms with Gasteiger partial charge in [0.15, 0.2) is 11.6 Å². The molecule has 10 heteroatoms. The van der Waals surface area contributed by atoms with E-state index in [2.05, 4.69) is 5.32 Å². The zero-order valence-corrected chi connectivity index (χ0v) is 25.6. The predicted molar refractivity (Wildman–Crippen MR) is 171 cm³/mol. The Kier molecular flexibility index (Phi) is 10.5. The maximum absolute atomic E-state index is 14.5. The number of hydrogen-bond acceptors (Lipinski definition) is 5. The van der Waals surface area contributed by atoms with E-state index < -0.39 is 29.2 Å². The fourth-order valence-electron chi connectivity index (χ4n) is 4.95. The van der Waals surface area contributed by atoms with Crippen LogP contribution >= 0.6 is 23.2 Å². The van der Waals surface area contributed by atoms with Crippen molar-refractivity contribution in [3.05, 3.63) is 141 Å². The van der Waals surface area contributed by atoms with Gasteiger partial charge in [0.1, 0.15) is 17.4 Å². The Morgan fingerprint density at radius 3 is 2.53 bits per heavy atom. The van der Waals surface area contributed by atoms with E-state index in [1.165, 1.54) is 0 Å². The molecular weight excluding hydrogens is 621 g/mol. The van der Waals surface area contributed by atoms with Gasteiger partial charge in [-0.25, -0.2) is 13.8 Å². The van der Waals surface area contributed by atoms with Crippen molar-refractivity contribution in [2.24, 2.45) is 4.99 Å². The molecule has 0 aliphatic carbocycles. The highest BCUT2D eigenvalue weighted by Gasteiger charge is 2.53. The molecule has 6 nitrogen and oxygen atoms in total. The third kappa shape index (κ3) is 7.71. The van der Waals surface area contributed by atoms with Crippen LogP contribution in [-0.2, 0) is 16.1 Å². The number of ether oxygens (including phenoxy) is 2. The van der Waals surface area contributed by atoms with Crippen molar-refractivity contribution in [2.75, 3.05) is 13.2 Å². The van der Waals surface area contributed by atoms with E-state index in [1.807, 2.05) is 42.5 Å². The van der Waals surface area contributed by atoms with Gasteiger partial charge in [0.05, 0.1) is 6.61 Å². The molecule has 0 spiro atoms. The van der Waals surface area contributed by atoms with Crippen LogP contribution in [0.3, 0.4) is 0 Å². The van der Waals surface area contributed by atoms with Crippen LogP contribution in [0.15, 0.2) is 102 Å². The lowest BCUT2D eigenvalue weighted by Crippen LogP contribution is -2.48. The molecule has 0 saturated carbocycles. The van der Waals surface area contributed by atoms with E-state index in [0.717, 1.165) is 23.8 Å². The number of aliphatic hydroxyl groups is 1. The first-order valence-corrected chi connectivity index (χ1v) is 15.0. The standard InChI is InChI=1S/C35H30Cl2F2N2O4/c36-26-11-15-29(30(37)21-26)32-35(17-4-8-23-6-2-1-3-7-23,34(43)40-22-25-20-27(38)12-16-31(25)39)41-33(45-32)24-9-13-28(14-10-24)44-19-5-18-42/h1-4,6-16,20-21,32,42H,5,17-19,22H2,(H,40,43)/b8-4+/t32-,35-/m1/s1. The molecule has 1 amide bonds. The van der Waals surface area contributed by atoms with E-state index in [0.29, 0.717) is 34.9 Å². The molecule has 2 atom stereocenters. The number of aliphatic imine (C=N–C) groups is 1. The molecule has 0 unspecified atom stereocenters. The average Bonchev–Trinajstić information content (AvgIpc) is 3.42. The summed E-state index contributed by atoms with van der Waals surface area (Å²) in [6.07, 6.45) is 3.26. The molecule has 0 radical (unpaired) electrons. The van der Waals surface area contributed by atoms with Crippen molar-refractivity contribution >= 4 is 41.1 Å². The highest BCUT2D eigenvalue weighted by molar-refractivity contribution is 6.35. The Morgan fingerprint density at radius 1 is 1.02 bits per heavy atom. The molecule has 2 N–H and O–H groups in total. The highest BCUT2D eigenvalue weighted by atomic mass is 35.5. The van der Waals surface area contributed by atoms with Crippen molar-refractivity contribution in [2.45, 2.75) is 31.0 Å². The number of carbonyl (C=O) groups excluding carboxylic acids is 1. The molecule has 1 aliphatic heterocycles. The van der Waals surface area contributed by atoms with Crippen LogP contribution in [0.1, 0.15) is 41.2 Å². The van der Waals surface area contributed by atoms with Crippen LogP contribution < -0.4 is 10.1 Å². The summed E-state index contributed by atoms with van der Waals surface area (Å²) >= 11 is 12.9. The molecule has 4 aromatic carbocycles. The highest BCUT2D eigenvalue weighted by Crippen LogP contribution is 2.45. The number of benzene rings is 4. The number of carbonyl (C=O) groups is 1. The van der Waals surface area contributed by atoms with Gasteiger partial charge in [0.2, 0.25) is 5.90 Å². The van der Waals surface area contributed by atoms with Gasteiger partial charge < -0.3 is 19.9 Å². The molecule has 0 saturated heterocycles. The minimum absolute atomic E-state index is 0.0145. The van der Waals surface area contributed by atoms with Crippen LogP contribution in [0.5, 0.6) is 5.75 Å². The number of halogens is 4. The second-order valence-corrected chi connectivity index (χ2v) is 11.2. The van der Waals surface area contributed by atoms with E-state index in [9.17, 15) is 13.6 Å². The Hall–Kier alpha value is -4.24. The van der Waals surface area contributed by atoms with Crippen molar-refractivity contribution < 1.29 is 28.2 Å². The van der Waals surface area contributed by atoms with Gasteiger partial charge >= 0.3 is 0 Å². The maximum atomic E-state index is 14.5. The second kappa shape index (κ2) is 14.7. The predicted octanol–water partition coefficient (Wildman–Crippen LogP) is 7.71. The van der Waals surface area contributed by atoms with Crippen LogP contribution in [0.2, 0.25) is 10.0 Å². The minimum atomic E-state index is -1.60. The first-order valence-electron chi connectivity index (χ1n) is 14.3. The molecule has 1 heterocycles. The van der Waals surface area contributed by atoms with Gasteiger partial charge in [-0.3, -0.25) is 4.79 Å². The fourth-order valence-corrected chi connectivity index (χ4v) is 5.46. The van der Waals surface area contributed by atoms with Crippen molar-refractivity contribution in [3.63, 3.8) is 0 Å². The van der Waals surface area contributed by atoms with Gasteiger partial charge in [-0.15, -0.1) is 0 Å². The Bertz CT molecular complexity index is 1700. The van der Waals surface area contributed by atoms with Gasteiger partial charge in [-0.1, -0.05) is 71.8 Å². The van der Waals surface area contributed by atoms with Crippen LogP contribution in [0.4, 0.5) is 8.78 Å². The van der Waals surface area contributed by atoms with Gasteiger partial charge in [0, 0.05) is 52.7 Å². The summed E-state index contributed by atoms with van der Waals surface area (Å²) in [6.45, 7) is 0.0951. The van der Waals surface area contributed by atoms with Gasteiger partial charge in [-0.05, 0) is 60.2 Å². The molecule has 4 aromatic rings. The third-order valence-electron chi connectivity index (χ3n) is 7.26. The maximum Gasteiger partial charge on any atom is 0.252 e. The first kappa shape index (κ1) is 32.2.